The number of amides is 3. The monoisotopic (exact) mass is 399 g/mol. The molecule has 0 aromatic heterocycles. The molecule has 7 nitrogen and oxygen atoms in total. The zero-order valence-corrected chi connectivity index (χ0v) is 17.2. The summed E-state index contributed by atoms with van der Waals surface area (Å²) in [5, 5.41) is 2.97. The van der Waals surface area contributed by atoms with Gasteiger partial charge in [-0.1, -0.05) is 11.6 Å². The molecule has 29 heavy (non-hydrogen) atoms. The van der Waals surface area contributed by atoms with E-state index in [1.165, 1.54) is 0 Å². The number of likely N-dealkylation sites (tertiary alicyclic amines) is 2. The van der Waals surface area contributed by atoms with Crippen LogP contribution in [-0.4, -0.2) is 65.3 Å². The number of carbonyl (C=O) groups is 3. The van der Waals surface area contributed by atoms with Crippen molar-refractivity contribution in [3.63, 3.8) is 0 Å². The zero-order chi connectivity index (χ0) is 20.6. The molecule has 2 atom stereocenters. The van der Waals surface area contributed by atoms with Crippen LogP contribution in [0, 0.1) is 6.92 Å². The summed E-state index contributed by atoms with van der Waals surface area (Å²) >= 11 is 0. The van der Waals surface area contributed by atoms with Crippen molar-refractivity contribution in [2.75, 3.05) is 26.2 Å². The van der Waals surface area contributed by atoms with Gasteiger partial charge in [-0.2, -0.15) is 0 Å². The molecule has 1 aromatic carbocycles. The number of nitrogens with one attached hydrogen (secondary N) is 1. The van der Waals surface area contributed by atoms with Gasteiger partial charge in [0.1, 0.15) is 17.4 Å². The molecule has 0 saturated carbocycles. The number of benzene rings is 1. The van der Waals surface area contributed by atoms with E-state index in [1.807, 2.05) is 36.9 Å². The van der Waals surface area contributed by atoms with Crippen LogP contribution in [0.4, 0.5) is 0 Å². The standard InChI is InChI=1S/C22H29N3O4/c1-15-5-6-18-17(13-15)20(27)23-14-22(29-18)8-7-19(26)25(12-9-22)16(2)21(28)24-10-3-4-11-24/h5-6,13,16H,3-4,7-12,14H2,1-2H3,(H,23,27)/t16-,22-/m0/s1. The quantitative estimate of drug-likeness (QED) is 0.824. The number of fused-ring (bicyclic) bond motifs is 1. The molecular formula is C22H29N3O4. The van der Waals surface area contributed by atoms with E-state index in [2.05, 4.69) is 5.32 Å². The van der Waals surface area contributed by atoms with Crippen molar-refractivity contribution in [3.8, 4) is 5.75 Å². The lowest BCUT2D eigenvalue weighted by molar-refractivity contribution is -0.144. The molecule has 1 spiro atoms. The first-order valence-electron chi connectivity index (χ1n) is 10.5. The highest BCUT2D eigenvalue weighted by molar-refractivity contribution is 5.97. The van der Waals surface area contributed by atoms with Gasteiger partial charge in [-0.15, -0.1) is 0 Å². The first-order valence-corrected chi connectivity index (χ1v) is 10.5. The third kappa shape index (κ3) is 3.82. The van der Waals surface area contributed by atoms with E-state index in [-0.39, 0.29) is 17.7 Å². The molecule has 2 saturated heterocycles. The molecule has 0 bridgehead atoms. The fourth-order valence-electron chi connectivity index (χ4n) is 4.59. The highest BCUT2D eigenvalue weighted by Gasteiger charge is 2.42. The SMILES string of the molecule is Cc1ccc2c(c1)C(=O)NC[C@@]1(CCC(=O)N([C@@H](C)C(=O)N3CCCC3)CC1)O2. The molecule has 3 aliphatic rings. The van der Waals surface area contributed by atoms with Gasteiger partial charge in [0.05, 0.1) is 12.1 Å². The van der Waals surface area contributed by atoms with Crippen LogP contribution in [-0.2, 0) is 9.59 Å². The molecule has 1 aromatic rings. The van der Waals surface area contributed by atoms with Gasteiger partial charge in [0, 0.05) is 32.5 Å². The van der Waals surface area contributed by atoms with Crippen molar-refractivity contribution in [1.29, 1.82) is 0 Å². The van der Waals surface area contributed by atoms with E-state index in [4.69, 9.17) is 4.74 Å². The van der Waals surface area contributed by atoms with Crippen LogP contribution in [0.3, 0.4) is 0 Å². The maximum absolute atomic E-state index is 12.9. The molecule has 3 amide bonds. The predicted octanol–water partition coefficient (Wildman–Crippen LogP) is 1.88. The molecule has 0 aliphatic carbocycles. The summed E-state index contributed by atoms with van der Waals surface area (Å²) in [7, 11) is 0. The van der Waals surface area contributed by atoms with Gasteiger partial charge in [-0.05, 0) is 45.2 Å². The van der Waals surface area contributed by atoms with Gasteiger partial charge in [-0.25, -0.2) is 0 Å². The highest BCUT2D eigenvalue weighted by atomic mass is 16.5. The van der Waals surface area contributed by atoms with E-state index in [0.29, 0.717) is 43.7 Å². The van der Waals surface area contributed by atoms with Crippen LogP contribution in [0.15, 0.2) is 18.2 Å². The Bertz CT molecular complexity index is 833. The summed E-state index contributed by atoms with van der Waals surface area (Å²) in [5.41, 5.74) is 0.888. The van der Waals surface area contributed by atoms with E-state index in [1.54, 1.807) is 4.90 Å². The minimum absolute atomic E-state index is 0.0229. The van der Waals surface area contributed by atoms with Crippen LogP contribution < -0.4 is 10.1 Å². The molecule has 4 rings (SSSR count). The average molecular weight is 399 g/mol. The number of ether oxygens (including phenoxy) is 1. The molecule has 2 fully saturated rings. The smallest absolute Gasteiger partial charge is 0.255 e. The normalized spacial score (nSPS) is 25.7. The van der Waals surface area contributed by atoms with Crippen molar-refractivity contribution in [1.82, 2.24) is 15.1 Å². The summed E-state index contributed by atoms with van der Waals surface area (Å²) in [6, 6.07) is 5.12. The van der Waals surface area contributed by atoms with Crippen molar-refractivity contribution < 1.29 is 19.1 Å². The van der Waals surface area contributed by atoms with Crippen molar-refractivity contribution in [2.45, 2.75) is 57.6 Å². The number of rotatable bonds is 2. The molecule has 3 aliphatic heterocycles. The van der Waals surface area contributed by atoms with Gasteiger partial charge < -0.3 is 19.9 Å². The summed E-state index contributed by atoms with van der Waals surface area (Å²) in [6.45, 7) is 6.12. The Morgan fingerprint density at radius 1 is 1.17 bits per heavy atom. The summed E-state index contributed by atoms with van der Waals surface area (Å²) in [4.78, 5) is 41.7. The van der Waals surface area contributed by atoms with Gasteiger partial charge in [0.15, 0.2) is 0 Å². The molecule has 3 heterocycles. The van der Waals surface area contributed by atoms with Crippen LogP contribution in [0.5, 0.6) is 5.75 Å². The predicted molar refractivity (Wildman–Crippen MR) is 108 cm³/mol. The van der Waals surface area contributed by atoms with Gasteiger partial charge in [0.25, 0.3) is 5.91 Å². The minimum atomic E-state index is -0.642. The lowest BCUT2D eigenvalue weighted by Crippen LogP contribution is -2.49. The van der Waals surface area contributed by atoms with Crippen molar-refractivity contribution in [3.05, 3.63) is 29.3 Å². The fourth-order valence-corrected chi connectivity index (χ4v) is 4.59. The molecule has 1 N–H and O–H groups in total. The van der Waals surface area contributed by atoms with Crippen LogP contribution in [0.25, 0.3) is 0 Å². The summed E-state index contributed by atoms with van der Waals surface area (Å²) < 4.78 is 6.37. The van der Waals surface area contributed by atoms with E-state index in [0.717, 1.165) is 31.5 Å². The first kappa shape index (κ1) is 19.7. The second-order valence-electron chi connectivity index (χ2n) is 8.51. The second-order valence-corrected chi connectivity index (χ2v) is 8.51. The topological polar surface area (TPSA) is 79.0 Å². The fraction of sp³-hybridized carbons (Fsp3) is 0.591. The Hall–Kier alpha value is -2.57. The van der Waals surface area contributed by atoms with Gasteiger partial charge in [0.2, 0.25) is 11.8 Å². The largest absolute Gasteiger partial charge is 0.485 e. The van der Waals surface area contributed by atoms with Crippen LogP contribution in [0.1, 0.15) is 54.9 Å². The number of hydrogen-bond donors (Lipinski definition) is 1. The maximum Gasteiger partial charge on any atom is 0.255 e. The Kier molecular flexibility index (Phi) is 5.23. The Morgan fingerprint density at radius 3 is 2.69 bits per heavy atom. The second kappa shape index (κ2) is 7.69. The van der Waals surface area contributed by atoms with Gasteiger partial charge >= 0.3 is 0 Å². The van der Waals surface area contributed by atoms with E-state index in [9.17, 15) is 14.4 Å². The zero-order valence-electron chi connectivity index (χ0n) is 17.2. The Balaban J connectivity index is 1.52. The third-order valence-corrected chi connectivity index (χ3v) is 6.44. The number of carbonyl (C=O) groups excluding carboxylic acids is 3. The average Bonchev–Trinajstić information content (AvgIpc) is 3.15. The Labute approximate surface area is 171 Å². The van der Waals surface area contributed by atoms with Crippen molar-refractivity contribution in [2.24, 2.45) is 0 Å². The van der Waals surface area contributed by atoms with E-state index < -0.39 is 11.6 Å². The molecule has 0 unspecified atom stereocenters. The molecule has 156 valence electrons. The summed E-state index contributed by atoms with van der Waals surface area (Å²) in [6.07, 6.45) is 3.45. The number of aryl methyl sites for hydroxylation is 1. The number of hydrogen-bond acceptors (Lipinski definition) is 4. The van der Waals surface area contributed by atoms with E-state index >= 15 is 0 Å². The van der Waals surface area contributed by atoms with Crippen molar-refractivity contribution >= 4 is 17.7 Å². The lowest BCUT2D eigenvalue weighted by Gasteiger charge is -2.33. The first-order chi connectivity index (χ1) is 13.9. The summed E-state index contributed by atoms with van der Waals surface area (Å²) in [5.74, 6) is 0.422. The molecular weight excluding hydrogens is 370 g/mol. The van der Waals surface area contributed by atoms with Gasteiger partial charge in [-0.3, -0.25) is 14.4 Å². The molecule has 7 heteroatoms. The third-order valence-electron chi connectivity index (χ3n) is 6.44. The van der Waals surface area contributed by atoms with Crippen LogP contribution in [0.2, 0.25) is 0 Å². The lowest BCUT2D eigenvalue weighted by atomic mass is 9.94. The highest BCUT2D eigenvalue weighted by Crippen LogP contribution is 2.34. The van der Waals surface area contributed by atoms with Crippen LogP contribution >= 0.6 is 0 Å². The minimum Gasteiger partial charge on any atom is -0.485 e. The maximum atomic E-state index is 12.9. The number of nitrogens with zero attached hydrogens (tertiary/aromatic N) is 2. The molecule has 0 radical (unpaired) electrons. The Morgan fingerprint density at radius 2 is 1.93 bits per heavy atom.